The van der Waals surface area contributed by atoms with Gasteiger partial charge in [0, 0.05) is 5.69 Å². The largest absolute Gasteiger partial charge is 0.481 e. The van der Waals surface area contributed by atoms with Gasteiger partial charge in [-0.1, -0.05) is 6.07 Å². The molecule has 0 radical (unpaired) electrons. The summed E-state index contributed by atoms with van der Waals surface area (Å²) in [5.41, 5.74) is 2.24. The lowest BCUT2D eigenvalue weighted by atomic mass is 10.2. The van der Waals surface area contributed by atoms with Crippen molar-refractivity contribution in [2.45, 2.75) is 13.8 Å². The Morgan fingerprint density at radius 3 is 2.77 bits per heavy atom. The number of rotatable bonds is 8. The molecule has 138 valence electrons. The molecule has 0 unspecified atom stereocenters. The van der Waals surface area contributed by atoms with Gasteiger partial charge in [-0.2, -0.15) is 5.10 Å². The van der Waals surface area contributed by atoms with Crippen LogP contribution in [0.1, 0.15) is 23.0 Å². The van der Waals surface area contributed by atoms with Crippen molar-refractivity contribution in [1.82, 2.24) is 9.78 Å². The average Bonchev–Trinajstić information content (AvgIpc) is 2.96. The highest BCUT2D eigenvalue weighted by Gasteiger charge is 2.16. The van der Waals surface area contributed by atoms with Crippen molar-refractivity contribution >= 4 is 35.3 Å². The van der Waals surface area contributed by atoms with Crippen molar-refractivity contribution in [2.75, 3.05) is 23.4 Å². The van der Waals surface area contributed by atoms with Crippen LogP contribution >= 0.6 is 11.8 Å². The number of aliphatic carboxylic acids is 1. The second kappa shape index (κ2) is 9.04. The van der Waals surface area contributed by atoms with E-state index in [0.717, 1.165) is 11.8 Å². The molecule has 0 aliphatic rings. The maximum absolute atomic E-state index is 11.9. The molecular weight excluding hydrogens is 358 g/mol. The number of anilines is 1. The van der Waals surface area contributed by atoms with Crippen LogP contribution in [-0.2, 0) is 14.3 Å². The summed E-state index contributed by atoms with van der Waals surface area (Å²) in [4.78, 5) is 34.2. The Morgan fingerprint density at radius 1 is 1.31 bits per heavy atom. The predicted octanol–water partition coefficient (Wildman–Crippen LogP) is 2.11. The third kappa shape index (κ3) is 5.09. The Bertz CT molecular complexity index is 818. The van der Waals surface area contributed by atoms with Crippen LogP contribution in [0.2, 0.25) is 0 Å². The number of carbonyl (C=O) groups excluding carboxylic acids is 2. The maximum atomic E-state index is 11.9. The summed E-state index contributed by atoms with van der Waals surface area (Å²) in [5, 5.41) is 15.5. The first-order valence-corrected chi connectivity index (χ1v) is 8.99. The summed E-state index contributed by atoms with van der Waals surface area (Å²) >= 11 is 1.02. The van der Waals surface area contributed by atoms with Gasteiger partial charge in [-0.05, 0) is 32.0 Å². The molecule has 9 heteroatoms. The van der Waals surface area contributed by atoms with Gasteiger partial charge in [0.15, 0.2) is 0 Å². The van der Waals surface area contributed by atoms with Crippen molar-refractivity contribution in [2.24, 2.45) is 0 Å². The molecule has 0 saturated heterocycles. The Balaban J connectivity index is 2.11. The molecule has 0 aliphatic carbocycles. The molecule has 2 N–H and O–H groups in total. The Labute approximate surface area is 154 Å². The van der Waals surface area contributed by atoms with Crippen molar-refractivity contribution < 1.29 is 24.2 Å². The van der Waals surface area contributed by atoms with Gasteiger partial charge in [0.25, 0.3) is 0 Å². The summed E-state index contributed by atoms with van der Waals surface area (Å²) in [5.74, 6) is -1.77. The van der Waals surface area contributed by atoms with E-state index in [1.54, 1.807) is 42.8 Å². The number of nitrogens with one attached hydrogen (secondary N) is 1. The van der Waals surface area contributed by atoms with Crippen LogP contribution in [0, 0.1) is 6.92 Å². The van der Waals surface area contributed by atoms with Gasteiger partial charge in [0.1, 0.15) is 5.56 Å². The van der Waals surface area contributed by atoms with Gasteiger partial charge in [-0.25, -0.2) is 9.48 Å². The Kier molecular flexibility index (Phi) is 6.79. The molecule has 0 spiro atoms. The fourth-order valence-electron chi connectivity index (χ4n) is 2.22. The van der Waals surface area contributed by atoms with Crippen LogP contribution in [0.3, 0.4) is 0 Å². The quantitative estimate of drug-likeness (QED) is 0.678. The highest BCUT2D eigenvalue weighted by atomic mass is 32.2. The fraction of sp³-hybridized carbons (Fsp3) is 0.294. The molecule has 26 heavy (non-hydrogen) atoms. The molecule has 1 heterocycles. The molecule has 1 aromatic heterocycles. The number of aromatic nitrogens is 2. The van der Waals surface area contributed by atoms with Crippen molar-refractivity contribution in [1.29, 1.82) is 0 Å². The van der Waals surface area contributed by atoms with E-state index in [9.17, 15) is 14.4 Å². The van der Waals surface area contributed by atoms with E-state index in [0.29, 0.717) is 22.6 Å². The lowest BCUT2D eigenvalue weighted by Crippen LogP contribution is -2.15. The van der Waals surface area contributed by atoms with Gasteiger partial charge in [0.2, 0.25) is 5.91 Å². The normalized spacial score (nSPS) is 10.4. The fourth-order valence-corrected chi connectivity index (χ4v) is 2.76. The first-order valence-electron chi connectivity index (χ1n) is 7.84. The molecular formula is C17H19N3O5S. The van der Waals surface area contributed by atoms with E-state index in [4.69, 9.17) is 9.84 Å². The van der Waals surface area contributed by atoms with Crippen LogP contribution in [-0.4, -0.2) is 50.8 Å². The van der Waals surface area contributed by atoms with Gasteiger partial charge in [-0.3, -0.25) is 9.59 Å². The number of esters is 1. The average molecular weight is 377 g/mol. The van der Waals surface area contributed by atoms with Crippen LogP contribution in [0.25, 0.3) is 5.69 Å². The number of amides is 1. The zero-order valence-electron chi connectivity index (χ0n) is 14.4. The van der Waals surface area contributed by atoms with E-state index in [2.05, 4.69) is 10.4 Å². The van der Waals surface area contributed by atoms with Crippen molar-refractivity contribution in [3.63, 3.8) is 0 Å². The molecule has 2 aromatic rings. The molecule has 0 bridgehead atoms. The monoisotopic (exact) mass is 377 g/mol. The second-order valence-electron chi connectivity index (χ2n) is 5.26. The maximum Gasteiger partial charge on any atom is 0.341 e. The number of thioether (sulfide) groups is 1. The van der Waals surface area contributed by atoms with E-state index in [1.165, 1.54) is 6.20 Å². The summed E-state index contributed by atoms with van der Waals surface area (Å²) in [6, 6.07) is 6.98. The smallest absolute Gasteiger partial charge is 0.341 e. The Morgan fingerprint density at radius 2 is 2.08 bits per heavy atom. The number of hydrogen-bond donors (Lipinski definition) is 2. The van der Waals surface area contributed by atoms with E-state index >= 15 is 0 Å². The number of benzene rings is 1. The Hall–Kier alpha value is -2.81. The minimum absolute atomic E-state index is 0.0460. The third-order valence-electron chi connectivity index (χ3n) is 3.34. The zero-order valence-corrected chi connectivity index (χ0v) is 15.2. The highest BCUT2D eigenvalue weighted by molar-refractivity contribution is 8.00. The number of nitrogens with zero attached hydrogens (tertiary/aromatic N) is 2. The van der Waals surface area contributed by atoms with Gasteiger partial charge in [-0.15, -0.1) is 11.8 Å². The molecule has 0 aliphatic heterocycles. The van der Waals surface area contributed by atoms with Crippen molar-refractivity contribution in [3.05, 3.63) is 41.7 Å². The first-order chi connectivity index (χ1) is 12.4. The van der Waals surface area contributed by atoms with E-state index in [-0.39, 0.29) is 24.0 Å². The second-order valence-corrected chi connectivity index (χ2v) is 6.25. The number of carboxylic acid groups (broad SMARTS) is 1. The molecule has 8 nitrogen and oxygen atoms in total. The summed E-state index contributed by atoms with van der Waals surface area (Å²) in [7, 11) is 0. The lowest BCUT2D eigenvalue weighted by Gasteiger charge is -2.09. The molecule has 0 saturated carbocycles. The first kappa shape index (κ1) is 19.5. The summed E-state index contributed by atoms with van der Waals surface area (Å²) in [6.07, 6.45) is 1.45. The summed E-state index contributed by atoms with van der Waals surface area (Å²) in [6.45, 7) is 3.77. The zero-order chi connectivity index (χ0) is 19.1. The molecule has 0 fully saturated rings. The molecule has 2 rings (SSSR count). The van der Waals surface area contributed by atoms with E-state index < -0.39 is 11.9 Å². The minimum Gasteiger partial charge on any atom is -0.481 e. The predicted molar refractivity (Wildman–Crippen MR) is 97.8 cm³/mol. The third-order valence-corrected chi connectivity index (χ3v) is 4.26. The topological polar surface area (TPSA) is 111 Å². The van der Waals surface area contributed by atoms with Gasteiger partial charge in [0.05, 0.1) is 35.7 Å². The van der Waals surface area contributed by atoms with Crippen LogP contribution in [0.15, 0.2) is 30.5 Å². The number of hydrogen-bond acceptors (Lipinski definition) is 6. The van der Waals surface area contributed by atoms with Crippen LogP contribution < -0.4 is 5.32 Å². The van der Waals surface area contributed by atoms with Crippen molar-refractivity contribution in [3.8, 4) is 5.69 Å². The highest BCUT2D eigenvalue weighted by Crippen LogP contribution is 2.19. The summed E-state index contributed by atoms with van der Waals surface area (Å²) < 4.78 is 6.58. The minimum atomic E-state index is -0.962. The van der Waals surface area contributed by atoms with Gasteiger partial charge >= 0.3 is 11.9 Å². The molecule has 0 atom stereocenters. The number of ether oxygens (including phenoxy) is 1. The lowest BCUT2D eigenvalue weighted by molar-refractivity contribution is -0.133. The standard InChI is InChI=1S/C17H19N3O5S/c1-3-25-17(24)14-8-18-20(11(14)2)13-6-4-5-12(7-13)19-15(21)9-26-10-16(22)23/h4-8H,3,9-10H2,1-2H3,(H,19,21)(H,22,23). The number of carbonyl (C=O) groups is 3. The SMILES string of the molecule is CCOC(=O)c1cnn(-c2cccc(NC(=O)CSCC(=O)O)c2)c1C. The van der Waals surface area contributed by atoms with E-state index in [1.807, 2.05) is 0 Å². The molecule has 1 amide bonds. The number of carboxylic acids is 1. The van der Waals surface area contributed by atoms with Crippen LogP contribution in [0.4, 0.5) is 5.69 Å². The van der Waals surface area contributed by atoms with Crippen LogP contribution in [0.5, 0.6) is 0 Å². The molecule has 1 aromatic carbocycles. The van der Waals surface area contributed by atoms with Gasteiger partial charge < -0.3 is 15.2 Å².